The molecule has 1 aromatic carbocycles. The summed E-state index contributed by atoms with van der Waals surface area (Å²) in [6, 6.07) is 5.98. The van der Waals surface area contributed by atoms with Crippen molar-refractivity contribution < 1.29 is 4.39 Å². The van der Waals surface area contributed by atoms with Gasteiger partial charge in [0.1, 0.15) is 5.82 Å². The summed E-state index contributed by atoms with van der Waals surface area (Å²) in [5.74, 6) is -0.301. The van der Waals surface area contributed by atoms with Gasteiger partial charge in [-0.25, -0.2) is 4.39 Å². The van der Waals surface area contributed by atoms with Crippen molar-refractivity contribution in [3.8, 4) is 0 Å². The second-order valence-electron chi connectivity index (χ2n) is 4.28. The van der Waals surface area contributed by atoms with E-state index >= 15 is 0 Å². The number of halogens is 2. The van der Waals surface area contributed by atoms with Gasteiger partial charge in [0.05, 0.1) is 0 Å². The highest BCUT2D eigenvalue weighted by Crippen LogP contribution is 2.24. The minimum absolute atomic E-state index is 0.238. The first-order valence-electron chi connectivity index (χ1n) is 5.68. The number of hydrogen-bond donors (Lipinski definition) is 1. The van der Waals surface area contributed by atoms with E-state index in [1.807, 2.05) is 13.0 Å². The minimum atomic E-state index is -0.301. The number of hydrogen-bond acceptors (Lipinski definition) is 2. The average Bonchev–Trinajstić information content (AvgIpc) is 2.34. The van der Waals surface area contributed by atoms with E-state index in [4.69, 9.17) is 17.3 Å². The number of pyridine rings is 1. The highest BCUT2D eigenvalue weighted by molar-refractivity contribution is 6.31. The predicted octanol–water partition coefficient (Wildman–Crippen LogP) is 3.43. The van der Waals surface area contributed by atoms with E-state index in [9.17, 15) is 4.39 Å². The summed E-state index contributed by atoms with van der Waals surface area (Å²) in [6.45, 7) is 1.98. The fourth-order valence-electron chi connectivity index (χ4n) is 1.91. The molecule has 18 heavy (non-hydrogen) atoms. The molecular formula is C14H14ClFN2. The lowest BCUT2D eigenvalue weighted by molar-refractivity contribution is 0.621. The topological polar surface area (TPSA) is 38.9 Å². The zero-order chi connectivity index (χ0) is 13.1. The van der Waals surface area contributed by atoms with Crippen LogP contribution in [0.4, 0.5) is 4.39 Å². The van der Waals surface area contributed by atoms with Crippen LogP contribution in [0.2, 0.25) is 5.02 Å². The van der Waals surface area contributed by atoms with Crippen LogP contribution in [-0.4, -0.2) is 4.98 Å². The fraction of sp³-hybridized carbons (Fsp3) is 0.214. The van der Waals surface area contributed by atoms with Gasteiger partial charge >= 0.3 is 0 Å². The number of aryl methyl sites for hydroxylation is 1. The highest BCUT2D eigenvalue weighted by Gasteiger charge is 2.12. The van der Waals surface area contributed by atoms with E-state index in [1.54, 1.807) is 18.5 Å². The molecule has 0 spiro atoms. The molecule has 2 aromatic rings. The molecule has 2 N–H and O–H groups in total. The Morgan fingerprint density at radius 3 is 2.89 bits per heavy atom. The van der Waals surface area contributed by atoms with Crippen LogP contribution in [0.25, 0.3) is 0 Å². The molecule has 1 unspecified atom stereocenters. The Morgan fingerprint density at radius 1 is 1.39 bits per heavy atom. The van der Waals surface area contributed by atoms with Crippen molar-refractivity contribution >= 4 is 11.6 Å². The molecule has 0 aliphatic rings. The van der Waals surface area contributed by atoms with Crippen LogP contribution in [0.3, 0.4) is 0 Å². The Labute approximate surface area is 111 Å². The number of benzene rings is 1. The van der Waals surface area contributed by atoms with Crippen LogP contribution >= 0.6 is 11.6 Å². The average molecular weight is 265 g/mol. The third-order valence-corrected chi connectivity index (χ3v) is 3.30. The van der Waals surface area contributed by atoms with Crippen LogP contribution < -0.4 is 5.73 Å². The minimum Gasteiger partial charge on any atom is -0.324 e. The molecular weight excluding hydrogens is 251 g/mol. The van der Waals surface area contributed by atoms with Crippen molar-refractivity contribution in [2.75, 3.05) is 0 Å². The maximum absolute atomic E-state index is 13.2. The lowest BCUT2D eigenvalue weighted by Gasteiger charge is -2.15. The van der Waals surface area contributed by atoms with Gasteiger partial charge < -0.3 is 5.73 Å². The molecule has 0 aliphatic carbocycles. The van der Waals surface area contributed by atoms with Crippen LogP contribution in [0.1, 0.15) is 22.7 Å². The first kappa shape index (κ1) is 13.0. The van der Waals surface area contributed by atoms with Crippen molar-refractivity contribution in [3.63, 3.8) is 0 Å². The third kappa shape index (κ3) is 2.86. The smallest absolute Gasteiger partial charge is 0.123 e. The maximum Gasteiger partial charge on any atom is 0.123 e. The summed E-state index contributed by atoms with van der Waals surface area (Å²) < 4.78 is 13.2. The number of rotatable bonds is 3. The second-order valence-corrected chi connectivity index (χ2v) is 4.69. The van der Waals surface area contributed by atoms with E-state index in [-0.39, 0.29) is 11.9 Å². The SMILES string of the molecule is Cc1ccncc1C(N)Cc1cc(F)ccc1Cl. The number of aromatic nitrogens is 1. The van der Waals surface area contributed by atoms with E-state index in [2.05, 4.69) is 4.98 Å². The largest absolute Gasteiger partial charge is 0.324 e. The molecule has 1 aromatic heterocycles. The summed E-state index contributed by atoms with van der Waals surface area (Å²) >= 11 is 6.03. The molecule has 2 rings (SSSR count). The molecule has 0 saturated carbocycles. The molecule has 1 atom stereocenters. The summed E-state index contributed by atoms with van der Waals surface area (Å²) in [5.41, 5.74) is 8.87. The van der Waals surface area contributed by atoms with Gasteiger partial charge in [0.25, 0.3) is 0 Å². The number of nitrogens with zero attached hydrogens (tertiary/aromatic N) is 1. The molecule has 0 aliphatic heterocycles. The Hall–Kier alpha value is -1.45. The van der Waals surface area contributed by atoms with Crippen LogP contribution in [0.5, 0.6) is 0 Å². The van der Waals surface area contributed by atoms with Crippen molar-refractivity contribution in [1.29, 1.82) is 0 Å². The molecule has 0 amide bonds. The normalized spacial score (nSPS) is 12.4. The Kier molecular flexibility index (Phi) is 3.94. The van der Waals surface area contributed by atoms with Crippen molar-refractivity contribution in [2.45, 2.75) is 19.4 Å². The summed E-state index contributed by atoms with van der Waals surface area (Å²) in [7, 11) is 0. The molecule has 2 nitrogen and oxygen atoms in total. The van der Waals surface area contributed by atoms with E-state index in [0.29, 0.717) is 17.0 Å². The number of nitrogens with two attached hydrogens (primary N) is 1. The molecule has 94 valence electrons. The molecule has 4 heteroatoms. The lowest BCUT2D eigenvalue weighted by Crippen LogP contribution is -2.15. The van der Waals surface area contributed by atoms with Crippen molar-refractivity contribution in [1.82, 2.24) is 4.98 Å². The van der Waals surface area contributed by atoms with E-state index < -0.39 is 0 Å². The predicted molar refractivity (Wildman–Crippen MR) is 71.0 cm³/mol. The first-order valence-corrected chi connectivity index (χ1v) is 6.05. The molecule has 0 saturated heterocycles. The first-order chi connectivity index (χ1) is 8.58. The van der Waals surface area contributed by atoms with Gasteiger partial charge in [-0.15, -0.1) is 0 Å². The van der Waals surface area contributed by atoms with Gasteiger partial charge in [-0.05, 0) is 54.3 Å². The van der Waals surface area contributed by atoms with Crippen LogP contribution in [0.15, 0.2) is 36.7 Å². The third-order valence-electron chi connectivity index (χ3n) is 2.93. The Morgan fingerprint density at radius 2 is 2.17 bits per heavy atom. The lowest BCUT2D eigenvalue weighted by atomic mass is 9.98. The highest BCUT2D eigenvalue weighted by atomic mass is 35.5. The molecule has 0 radical (unpaired) electrons. The zero-order valence-electron chi connectivity index (χ0n) is 10.0. The Balaban J connectivity index is 2.24. The summed E-state index contributed by atoms with van der Waals surface area (Å²) in [6.07, 6.45) is 3.96. The monoisotopic (exact) mass is 264 g/mol. The molecule has 0 bridgehead atoms. The summed E-state index contributed by atoms with van der Waals surface area (Å²) in [4.78, 5) is 4.06. The standard InChI is InChI=1S/C14H14ClFN2/c1-9-4-5-18-8-12(9)14(17)7-10-6-11(16)2-3-13(10)15/h2-6,8,14H,7,17H2,1H3. The van der Waals surface area contributed by atoms with Gasteiger partial charge in [0, 0.05) is 23.5 Å². The van der Waals surface area contributed by atoms with Crippen molar-refractivity contribution in [3.05, 3.63) is 64.2 Å². The van der Waals surface area contributed by atoms with Gasteiger partial charge in [-0.2, -0.15) is 0 Å². The van der Waals surface area contributed by atoms with Crippen molar-refractivity contribution in [2.24, 2.45) is 5.73 Å². The quantitative estimate of drug-likeness (QED) is 0.923. The summed E-state index contributed by atoms with van der Waals surface area (Å²) in [5, 5.41) is 0.536. The van der Waals surface area contributed by atoms with E-state index in [1.165, 1.54) is 12.1 Å². The van der Waals surface area contributed by atoms with Gasteiger partial charge in [-0.3, -0.25) is 4.98 Å². The van der Waals surface area contributed by atoms with Crippen LogP contribution in [-0.2, 0) is 6.42 Å². The van der Waals surface area contributed by atoms with Crippen LogP contribution in [0, 0.1) is 12.7 Å². The molecule has 1 heterocycles. The van der Waals surface area contributed by atoms with E-state index in [0.717, 1.165) is 11.1 Å². The Bertz CT molecular complexity index is 557. The van der Waals surface area contributed by atoms with Gasteiger partial charge in [0.15, 0.2) is 0 Å². The zero-order valence-corrected chi connectivity index (χ0v) is 10.8. The fourth-order valence-corrected chi connectivity index (χ4v) is 2.11. The second kappa shape index (κ2) is 5.46. The molecule has 0 fully saturated rings. The van der Waals surface area contributed by atoms with Gasteiger partial charge in [-0.1, -0.05) is 11.6 Å². The van der Waals surface area contributed by atoms with Gasteiger partial charge in [0.2, 0.25) is 0 Å². The maximum atomic E-state index is 13.2.